The number of carbonyl (C=O) groups is 2. The van der Waals surface area contributed by atoms with Crippen molar-refractivity contribution in [2.75, 3.05) is 5.75 Å². The van der Waals surface area contributed by atoms with Gasteiger partial charge in [0.1, 0.15) is 11.6 Å². The molecule has 7 heteroatoms. The average Bonchev–Trinajstić information content (AvgIpc) is 2.54. The van der Waals surface area contributed by atoms with Gasteiger partial charge in [0.15, 0.2) is 0 Å². The molecule has 2 aromatic carbocycles. The lowest BCUT2D eigenvalue weighted by molar-refractivity contribution is -0.119. The smallest absolute Gasteiger partial charge is 0.269 e. The van der Waals surface area contributed by atoms with Crippen LogP contribution in [-0.2, 0) is 4.79 Å². The summed E-state index contributed by atoms with van der Waals surface area (Å²) in [5.41, 5.74) is 4.85. The number of thioether (sulfide) groups is 1. The van der Waals surface area contributed by atoms with Crippen molar-refractivity contribution in [3.8, 4) is 0 Å². The van der Waals surface area contributed by atoms with Crippen LogP contribution in [0.5, 0.6) is 0 Å². The fourth-order valence-electron chi connectivity index (χ4n) is 1.56. The van der Waals surface area contributed by atoms with Gasteiger partial charge in [-0.2, -0.15) is 0 Å². The summed E-state index contributed by atoms with van der Waals surface area (Å²) in [6, 6.07) is 11.3. The minimum absolute atomic E-state index is 0.0320. The highest BCUT2D eigenvalue weighted by molar-refractivity contribution is 8.00. The highest BCUT2D eigenvalue weighted by Gasteiger charge is 2.09. The van der Waals surface area contributed by atoms with Crippen molar-refractivity contribution < 1.29 is 18.4 Å². The maximum absolute atomic E-state index is 13.4. The van der Waals surface area contributed by atoms with E-state index in [4.69, 9.17) is 0 Å². The molecule has 0 saturated heterocycles. The van der Waals surface area contributed by atoms with Crippen molar-refractivity contribution in [3.63, 3.8) is 0 Å². The molecule has 0 aliphatic rings. The largest absolute Gasteiger partial charge is 0.272 e. The lowest BCUT2D eigenvalue weighted by atomic mass is 10.2. The fraction of sp³-hybridized carbons (Fsp3) is 0.0667. The predicted molar refractivity (Wildman–Crippen MR) is 79.1 cm³/mol. The molecule has 0 radical (unpaired) electrons. The molecule has 0 aliphatic carbocycles. The SMILES string of the molecule is O=C(CSc1cc(F)ccc1F)NNC(=O)c1ccccc1. The van der Waals surface area contributed by atoms with E-state index in [1.807, 2.05) is 0 Å². The molecule has 0 aliphatic heterocycles. The van der Waals surface area contributed by atoms with Crippen LogP contribution in [0.1, 0.15) is 10.4 Å². The Morgan fingerprint density at radius 3 is 2.45 bits per heavy atom. The molecule has 0 saturated carbocycles. The zero-order valence-corrected chi connectivity index (χ0v) is 12.1. The van der Waals surface area contributed by atoms with Crippen molar-refractivity contribution in [2.24, 2.45) is 0 Å². The number of halogens is 2. The number of carbonyl (C=O) groups excluding carboxylic acids is 2. The van der Waals surface area contributed by atoms with Gasteiger partial charge in [-0.05, 0) is 30.3 Å². The van der Waals surface area contributed by atoms with Gasteiger partial charge in [0.05, 0.1) is 5.75 Å². The molecule has 0 bridgehead atoms. The van der Waals surface area contributed by atoms with Crippen LogP contribution in [-0.4, -0.2) is 17.6 Å². The number of hydrogen-bond acceptors (Lipinski definition) is 3. The number of nitrogens with one attached hydrogen (secondary N) is 2. The highest BCUT2D eigenvalue weighted by Crippen LogP contribution is 2.22. The van der Waals surface area contributed by atoms with Gasteiger partial charge in [0.2, 0.25) is 5.91 Å². The lowest BCUT2D eigenvalue weighted by Crippen LogP contribution is -2.42. The van der Waals surface area contributed by atoms with Crippen LogP contribution in [0.3, 0.4) is 0 Å². The van der Waals surface area contributed by atoms with Crippen molar-refractivity contribution >= 4 is 23.6 Å². The van der Waals surface area contributed by atoms with Gasteiger partial charge in [-0.3, -0.25) is 20.4 Å². The van der Waals surface area contributed by atoms with Crippen LogP contribution < -0.4 is 10.9 Å². The second-order valence-corrected chi connectivity index (χ2v) is 5.25. The normalized spacial score (nSPS) is 10.1. The van der Waals surface area contributed by atoms with Crippen molar-refractivity contribution in [2.45, 2.75) is 4.90 Å². The minimum atomic E-state index is -0.604. The third-order valence-corrected chi connectivity index (χ3v) is 3.63. The molecule has 0 atom stereocenters. The molecule has 0 aromatic heterocycles. The van der Waals surface area contributed by atoms with E-state index < -0.39 is 23.4 Å². The highest BCUT2D eigenvalue weighted by atomic mass is 32.2. The molecular weight excluding hydrogens is 310 g/mol. The van der Waals surface area contributed by atoms with Crippen molar-refractivity contribution in [1.29, 1.82) is 0 Å². The van der Waals surface area contributed by atoms with Gasteiger partial charge < -0.3 is 0 Å². The Hall–Kier alpha value is -2.41. The van der Waals surface area contributed by atoms with Gasteiger partial charge in [0, 0.05) is 10.5 Å². The number of benzene rings is 2. The summed E-state index contributed by atoms with van der Waals surface area (Å²) in [6.07, 6.45) is 0. The standard InChI is InChI=1S/C15H12F2N2O2S/c16-11-6-7-12(17)13(8-11)22-9-14(20)18-19-15(21)10-4-2-1-3-5-10/h1-8H,9H2,(H,18,20)(H,19,21). The fourth-order valence-corrected chi connectivity index (χ4v) is 2.32. The molecule has 2 aromatic rings. The monoisotopic (exact) mass is 322 g/mol. The number of hydrogen-bond donors (Lipinski definition) is 2. The Morgan fingerprint density at radius 1 is 1.00 bits per heavy atom. The summed E-state index contributed by atoms with van der Waals surface area (Å²) in [5.74, 6) is -2.34. The first-order valence-corrected chi connectivity index (χ1v) is 7.27. The second-order valence-electron chi connectivity index (χ2n) is 4.23. The Labute approximate surface area is 129 Å². The van der Waals surface area contributed by atoms with Gasteiger partial charge >= 0.3 is 0 Å². The first-order valence-electron chi connectivity index (χ1n) is 6.28. The summed E-state index contributed by atoms with van der Waals surface area (Å²) in [7, 11) is 0. The molecule has 0 spiro atoms. The van der Waals surface area contributed by atoms with Crippen LogP contribution in [0.2, 0.25) is 0 Å². The third-order valence-electron chi connectivity index (χ3n) is 2.60. The molecule has 22 heavy (non-hydrogen) atoms. The Bertz CT molecular complexity index is 680. The van der Waals surface area contributed by atoms with E-state index >= 15 is 0 Å². The molecule has 0 unspecified atom stereocenters. The van der Waals surface area contributed by atoms with E-state index in [2.05, 4.69) is 10.9 Å². The molecule has 2 rings (SSSR count). The summed E-state index contributed by atoms with van der Waals surface area (Å²) in [5, 5.41) is 0. The van der Waals surface area contributed by atoms with Gasteiger partial charge in [0.25, 0.3) is 5.91 Å². The van der Waals surface area contributed by atoms with Crippen LogP contribution in [0.25, 0.3) is 0 Å². The van der Waals surface area contributed by atoms with Crippen molar-refractivity contribution in [3.05, 3.63) is 65.7 Å². The van der Waals surface area contributed by atoms with E-state index in [-0.39, 0.29) is 10.6 Å². The van der Waals surface area contributed by atoms with E-state index in [1.54, 1.807) is 30.3 Å². The van der Waals surface area contributed by atoms with Crippen LogP contribution in [0.4, 0.5) is 8.78 Å². The number of hydrazine groups is 1. The zero-order chi connectivity index (χ0) is 15.9. The molecule has 0 fully saturated rings. The van der Waals surface area contributed by atoms with E-state index in [0.717, 1.165) is 30.0 Å². The summed E-state index contributed by atoms with van der Waals surface area (Å²) in [6.45, 7) is 0. The van der Waals surface area contributed by atoms with Crippen LogP contribution >= 0.6 is 11.8 Å². The topological polar surface area (TPSA) is 58.2 Å². The van der Waals surface area contributed by atoms with Gasteiger partial charge in [-0.15, -0.1) is 11.8 Å². The zero-order valence-electron chi connectivity index (χ0n) is 11.3. The summed E-state index contributed by atoms with van der Waals surface area (Å²) in [4.78, 5) is 23.3. The molecule has 0 heterocycles. The molecule has 114 valence electrons. The van der Waals surface area contributed by atoms with Crippen molar-refractivity contribution in [1.82, 2.24) is 10.9 Å². The quantitative estimate of drug-likeness (QED) is 0.672. The predicted octanol–water partition coefficient (Wildman–Crippen LogP) is 2.52. The van der Waals surface area contributed by atoms with Gasteiger partial charge in [-0.25, -0.2) is 8.78 Å². The van der Waals surface area contributed by atoms with Crippen LogP contribution in [0.15, 0.2) is 53.4 Å². The summed E-state index contributed by atoms with van der Waals surface area (Å²) >= 11 is 0.838. The third kappa shape index (κ3) is 4.56. The Balaban J connectivity index is 1.81. The molecule has 2 amide bonds. The van der Waals surface area contributed by atoms with E-state index in [0.29, 0.717) is 5.56 Å². The van der Waals surface area contributed by atoms with Crippen LogP contribution in [0, 0.1) is 11.6 Å². The molecule has 2 N–H and O–H groups in total. The van der Waals surface area contributed by atoms with E-state index in [9.17, 15) is 18.4 Å². The number of rotatable bonds is 4. The Kier molecular flexibility index (Phi) is 5.48. The number of amides is 2. The Morgan fingerprint density at radius 2 is 1.73 bits per heavy atom. The summed E-state index contributed by atoms with van der Waals surface area (Å²) < 4.78 is 26.3. The average molecular weight is 322 g/mol. The first-order chi connectivity index (χ1) is 10.6. The molecular formula is C15H12F2N2O2S. The first kappa shape index (κ1) is 16.0. The second kappa shape index (κ2) is 7.56. The maximum Gasteiger partial charge on any atom is 0.269 e. The van der Waals surface area contributed by atoms with Gasteiger partial charge in [-0.1, -0.05) is 18.2 Å². The maximum atomic E-state index is 13.4. The molecule has 4 nitrogen and oxygen atoms in total. The van der Waals surface area contributed by atoms with E-state index in [1.165, 1.54) is 0 Å². The lowest BCUT2D eigenvalue weighted by Gasteiger charge is -2.07. The minimum Gasteiger partial charge on any atom is -0.272 e.